The SMILES string of the molecule is CCN(CC(C)C)S(=O)(=O)c1cccc(F)c1CN. The van der Waals surface area contributed by atoms with Crippen molar-refractivity contribution in [3.05, 3.63) is 29.6 Å². The number of benzene rings is 1. The van der Waals surface area contributed by atoms with Crippen LogP contribution in [0.5, 0.6) is 0 Å². The van der Waals surface area contributed by atoms with Crippen molar-refractivity contribution >= 4 is 10.0 Å². The van der Waals surface area contributed by atoms with Crippen LogP contribution >= 0.6 is 0 Å². The van der Waals surface area contributed by atoms with Gasteiger partial charge in [-0.05, 0) is 18.1 Å². The van der Waals surface area contributed by atoms with E-state index in [1.54, 1.807) is 6.92 Å². The molecule has 0 aromatic heterocycles. The molecule has 0 aliphatic carbocycles. The van der Waals surface area contributed by atoms with Gasteiger partial charge in [0.05, 0.1) is 4.90 Å². The molecule has 1 aromatic rings. The van der Waals surface area contributed by atoms with Crippen LogP contribution in [0, 0.1) is 11.7 Å². The molecule has 0 spiro atoms. The van der Waals surface area contributed by atoms with Crippen molar-refractivity contribution in [3.63, 3.8) is 0 Å². The van der Waals surface area contributed by atoms with Gasteiger partial charge in [0.1, 0.15) is 5.82 Å². The molecule has 0 amide bonds. The number of hydrogen-bond acceptors (Lipinski definition) is 3. The van der Waals surface area contributed by atoms with E-state index in [1.807, 2.05) is 13.8 Å². The summed E-state index contributed by atoms with van der Waals surface area (Å²) in [6.07, 6.45) is 0. The highest BCUT2D eigenvalue weighted by molar-refractivity contribution is 7.89. The molecule has 0 unspecified atom stereocenters. The first-order valence-corrected chi connectivity index (χ1v) is 7.76. The van der Waals surface area contributed by atoms with Crippen LogP contribution in [0.15, 0.2) is 23.1 Å². The van der Waals surface area contributed by atoms with Crippen molar-refractivity contribution < 1.29 is 12.8 Å². The van der Waals surface area contributed by atoms with Crippen LogP contribution in [-0.2, 0) is 16.6 Å². The molecule has 4 nitrogen and oxygen atoms in total. The minimum absolute atomic E-state index is 0.0301. The Morgan fingerprint density at radius 1 is 1.37 bits per heavy atom. The number of sulfonamides is 1. The first-order valence-electron chi connectivity index (χ1n) is 6.32. The standard InChI is InChI=1S/C13H21FN2O2S/c1-4-16(9-10(2)3)19(17,18)13-7-5-6-12(14)11(13)8-15/h5-7,10H,4,8-9,15H2,1-3H3. The zero-order valence-corrected chi connectivity index (χ0v) is 12.4. The van der Waals surface area contributed by atoms with E-state index in [9.17, 15) is 12.8 Å². The van der Waals surface area contributed by atoms with Crippen LogP contribution in [0.2, 0.25) is 0 Å². The van der Waals surface area contributed by atoms with Gasteiger partial charge in [-0.2, -0.15) is 4.31 Å². The zero-order valence-electron chi connectivity index (χ0n) is 11.6. The number of halogens is 1. The maximum Gasteiger partial charge on any atom is 0.243 e. The largest absolute Gasteiger partial charge is 0.326 e. The molecule has 108 valence electrons. The topological polar surface area (TPSA) is 63.4 Å². The summed E-state index contributed by atoms with van der Waals surface area (Å²) in [6, 6.07) is 4.02. The second-order valence-electron chi connectivity index (χ2n) is 4.77. The van der Waals surface area contributed by atoms with E-state index in [0.29, 0.717) is 13.1 Å². The molecule has 19 heavy (non-hydrogen) atoms. The second kappa shape index (κ2) is 6.45. The Kier molecular flexibility index (Phi) is 5.46. The predicted octanol–water partition coefficient (Wildman–Crippen LogP) is 1.95. The van der Waals surface area contributed by atoms with Crippen LogP contribution < -0.4 is 5.73 Å². The average molecular weight is 288 g/mol. The predicted molar refractivity (Wildman–Crippen MR) is 73.6 cm³/mol. The average Bonchev–Trinajstić information content (AvgIpc) is 2.35. The van der Waals surface area contributed by atoms with Crippen LogP contribution in [-0.4, -0.2) is 25.8 Å². The first kappa shape index (κ1) is 16.1. The smallest absolute Gasteiger partial charge is 0.243 e. The maximum absolute atomic E-state index is 13.6. The van der Waals surface area contributed by atoms with E-state index >= 15 is 0 Å². The van der Waals surface area contributed by atoms with E-state index in [0.717, 1.165) is 0 Å². The van der Waals surface area contributed by atoms with Crippen molar-refractivity contribution in [1.82, 2.24) is 4.31 Å². The number of nitrogens with two attached hydrogens (primary N) is 1. The summed E-state index contributed by atoms with van der Waals surface area (Å²) in [4.78, 5) is -0.0301. The van der Waals surface area contributed by atoms with Crippen LogP contribution in [0.25, 0.3) is 0 Å². The van der Waals surface area contributed by atoms with Gasteiger partial charge < -0.3 is 5.73 Å². The normalized spacial score (nSPS) is 12.4. The highest BCUT2D eigenvalue weighted by Gasteiger charge is 2.27. The Hall–Kier alpha value is -0.980. The summed E-state index contributed by atoms with van der Waals surface area (Å²) in [7, 11) is -3.70. The molecule has 0 bridgehead atoms. The van der Waals surface area contributed by atoms with Gasteiger partial charge >= 0.3 is 0 Å². The fourth-order valence-electron chi connectivity index (χ4n) is 1.92. The summed E-state index contributed by atoms with van der Waals surface area (Å²) >= 11 is 0. The maximum atomic E-state index is 13.6. The van der Waals surface area contributed by atoms with Crippen LogP contribution in [0.4, 0.5) is 4.39 Å². The lowest BCUT2D eigenvalue weighted by atomic mass is 10.2. The molecular formula is C13H21FN2O2S. The molecule has 0 atom stereocenters. The highest BCUT2D eigenvalue weighted by Crippen LogP contribution is 2.23. The second-order valence-corrected chi connectivity index (χ2v) is 6.68. The number of hydrogen-bond donors (Lipinski definition) is 1. The molecule has 0 radical (unpaired) electrons. The molecule has 0 aliphatic rings. The Balaban J connectivity index is 3.30. The third-order valence-electron chi connectivity index (χ3n) is 2.82. The number of rotatable bonds is 6. The van der Waals surface area contributed by atoms with Gasteiger partial charge in [-0.15, -0.1) is 0 Å². The van der Waals surface area contributed by atoms with Gasteiger partial charge in [-0.3, -0.25) is 0 Å². The quantitative estimate of drug-likeness (QED) is 0.870. The van der Waals surface area contributed by atoms with Crippen LogP contribution in [0.3, 0.4) is 0 Å². The summed E-state index contributed by atoms with van der Waals surface area (Å²) in [5.41, 5.74) is 5.51. The van der Waals surface area contributed by atoms with Crippen molar-refractivity contribution in [2.24, 2.45) is 11.7 Å². The van der Waals surface area contributed by atoms with E-state index in [4.69, 9.17) is 5.73 Å². The third-order valence-corrected chi connectivity index (χ3v) is 4.84. The van der Waals surface area contributed by atoms with Crippen molar-refractivity contribution in [3.8, 4) is 0 Å². The lowest BCUT2D eigenvalue weighted by Gasteiger charge is -2.23. The lowest BCUT2D eigenvalue weighted by molar-refractivity contribution is 0.380. The van der Waals surface area contributed by atoms with E-state index in [-0.39, 0.29) is 22.9 Å². The molecule has 2 N–H and O–H groups in total. The molecular weight excluding hydrogens is 267 g/mol. The van der Waals surface area contributed by atoms with Crippen molar-refractivity contribution in [2.75, 3.05) is 13.1 Å². The molecule has 1 rings (SSSR count). The Bertz CT molecular complexity index is 529. The molecule has 0 heterocycles. The molecule has 6 heteroatoms. The van der Waals surface area contributed by atoms with Gasteiger partial charge in [0, 0.05) is 25.2 Å². The molecule has 0 saturated carbocycles. The summed E-state index contributed by atoms with van der Waals surface area (Å²) < 4.78 is 40.1. The number of nitrogens with zero attached hydrogens (tertiary/aromatic N) is 1. The monoisotopic (exact) mass is 288 g/mol. The minimum Gasteiger partial charge on any atom is -0.326 e. The zero-order chi connectivity index (χ0) is 14.6. The van der Waals surface area contributed by atoms with Gasteiger partial charge in [-0.25, -0.2) is 12.8 Å². The molecule has 0 fully saturated rings. The van der Waals surface area contributed by atoms with E-state index < -0.39 is 15.8 Å². The fourth-order valence-corrected chi connectivity index (χ4v) is 3.78. The van der Waals surface area contributed by atoms with Gasteiger partial charge in [0.2, 0.25) is 10.0 Å². The fraction of sp³-hybridized carbons (Fsp3) is 0.538. The first-order chi connectivity index (χ1) is 8.84. The third kappa shape index (κ3) is 3.52. The molecule has 1 aromatic carbocycles. The van der Waals surface area contributed by atoms with Gasteiger partial charge in [-0.1, -0.05) is 26.8 Å². The molecule has 0 aliphatic heterocycles. The lowest BCUT2D eigenvalue weighted by Crippen LogP contribution is -2.34. The summed E-state index contributed by atoms with van der Waals surface area (Å²) in [5.74, 6) is -0.381. The Labute approximate surface area is 114 Å². The summed E-state index contributed by atoms with van der Waals surface area (Å²) in [6.45, 7) is 6.25. The van der Waals surface area contributed by atoms with Crippen molar-refractivity contribution in [1.29, 1.82) is 0 Å². The van der Waals surface area contributed by atoms with Gasteiger partial charge in [0.25, 0.3) is 0 Å². The molecule has 0 saturated heterocycles. The Morgan fingerprint density at radius 3 is 2.47 bits per heavy atom. The van der Waals surface area contributed by atoms with Crippen LogP contribution in [0.1, 0.15) is 26.3 Å². The Morgan fingerprint density at radius 2 is 2.00 bits per heavy atom. The minimum atomic E-state index is -3.70. The van der Waals surface area contributed by atoms with Gasteiger partial charge in [0.15, 0.2) is 0 Å². The van der Waals surface area contributed by atoms with E-state index in [1.165, 1.54) is 22.5 Å². The summed E-state index contributed by atoms with van der Waals surface area (Å²) in [5, 5.41) is 0. The van der Waals surface area contributed by atoms with E-state index in [2.05, 4.69) is 0 Å². The highest BCUT2D eigenvalue weighted by atomic mass is 32.2. The van der Waals surface area contributed by atoms with Crippen molar-refractivity contribution in [2.45, 2.75) is 32.2 Å².